The molecule has 11 heavy (non-hydrogen) atoms. The Morgan fingerprint density at radius 1 is 1.36 bits per heavy atom. The average Bonchev–Trinajstić information content (AvgIpc) is 1.94. The van der Waals surface area contributed by atoms with Crippen LogP contribution in [0.3, 0.4) is 0 Å². The lowest BCUT2D eigenvalue weighted by Gasteiger charge is -2.16. The topological polar surface area (TPSA) is 63.6 Å². The molecule has 5 heteroatoms. The maximum Gasteiger partial charge on any atom is 0.236 e. The molecule has 0 aromatic rings. The van der Waals surface area contributed by atoms with Crippen LogP contribution >= 0.6 is 0 Å². The van der Waals surface area contributed by atoms with Crippen molar-refractivity contribution in [3.05, 3.63) is 0 Å². The van der Waals surface area contributed by atoms with E-state index in [2.05, 4.69) is 4.99 Å². The Balaban J connectivity index is 2.84. The van der Waals surface area contributed by atoms with Gasteiger partial charge in [-0.2, -0.15) is 4.99 Å². The van der Waals surface area contributed by atoms with Crippen LogP contribution in [0.4, 0.5) is 0 Å². The van der Waals surface area contributed by atoms with Crippen LogP contribution in [0.2, 0.25) is 0 Å². The molecule has 1 fully saturated rings. The zero-order valence-electron chi connectivity index (χ0n) is 5.99. The van der Waals surface area contributed by atoms with Gasteiger partial charge in [0.25, 0.3) is 0 Å². The molecule has 0 amide bonds. The van der Waals surface area contributed by atoms with Crippen LogP contribution in [0, 0.1) is 0 Å². The van der Waals surface area contributed by atoms with E-state index in [9.17, 15) is 13.2 Å². The van der Waals surface area contributed by atoms with Crippen molar-refractivity contribution in [1.29, 1.82) is 0 Å². The first-order chi connectivity index (χ1) is 5.17. The lowest BCUT2D eigenvalue weighted by molar-refractivity contribution is 0.534. The molecule has 0 radical (unpaired) electrons. The lowest BCUT2D eigenvalue weighted by Crippen LogP contribution is -2.26. The van der Waals surface area contributed by atoms with Crippen LogP contribution in [-0.4, -0.2) is 25.6 Å². The van der Waals surface area contributed by atoms with Gasteiger partial charge in [-0.05, 0) is 19.3 Å². The van der Waals surface area contributed by atoms with Gasteiger partial charge in [-0.15, -0.1) is 0 Å². The fourth-order valence-electron chi connectivity index (χ4n) is 1.14. The van der Waals surface area contributed by atoms with Crippen LogP contribution in [0.1, 0.15) is 19.3 Å². The Morgan fingerprint density at radius 2 is 2.09 bits per heavy atom. The van der Waals surface area contributed by atoms with E-state index in [1.165, 1.54) is 6.08 Å². The number of nitrogens with zero attached hydrogens (tertiary/aromatic N) is 1. The van der Waals surface area contributed by atoms with Crippen molar-refractivity contribution in [1.82, 2.24) is 0 Å². The number of carbonyl (C=O) groups excluding carboxylic acids is 1. The van der Waals surface area contributed by atoms with Crippen LogP contribution in [0.5, 0.6) is 0 Å². The fraction of sp³-hybridized carbons (Fsp3) is 0.833. The van der Waals surface area contributed by atoms with Crippen LogP contribution in [0.25, 0.3) is 0 Å². The van der Waals surface area contributed by atoms with Gasteiger partial charge in [0.05, 0.1) is 5.75 Å². The Morgan fingerprint density at radius 3 is 2.64 bits per heavy atom. The lowest BCUT2D eigenvalue weighted by atomic mass is 10.2. The summed E-state index contributed by atoms with van der Waals surface area (Å²) in [5.41, 5.74) is 0. The number of rotatable bonds is 1. The number of hydrogen-bond donors (Lipinski definition) is 0. The molecular formula is C6H9NO3S. The van der Waals surface area contributed by atoms with E-state index >= 15 is 0 Å². The van der Waals surface area contributed by atoms with Crippen molar-refractivity contribution in [2.45, 2.75) is 24.6 Å². The molecule has 1 unspecified atom stereocenters. The van der Waals surface area contributed by atoms with E-state index in [4.69, 9.17) is 0 Å². The molecule has 62 valence electrons. The van der Waals surface area contributed by atoms with Crippen LogP contribution < -0.4 is 0 Å². The molecule has 1 rings (SSSR count). The van der Waals surface area contributed by atoms with E-state index in [1.807, 2.05) is 0 Å². The number of sulfone groups is 1. The van der Waals surface area contributed by atoms with Gasteiger partial charge < -0.3 is 0 Å². The van der Waals surface area contributed by atoms with Crippen LogP contribution in [-0.2, 0) is 14.6 Å². The van der Waals surface area contributed by atoms with Gasteiger partial charge in [-0.1, -0.05) is 0 Å². The van der Waals surface area contributed by atoms with Crippen molar-refractivity contribution in [2.24, 2.45) is 4.99 Å². The molecule has 1 saturated heterocycles. The second-order valence-corrected chi connectivity index (χ2v) is 4.82. The first-order valence-corrected chi connectivity index (χ1v) is 5.17. The highest BCUT2D eigenvalue weighted by atomic mass is 32.2. The summed E-state index contributed by atoms with van der Waals surface area (Å²) < 4.78 is 22.2. The summed E-state index contributed by atoms with van der Waals surface area (Å²) in [4.78, 5) is 13.0. The average molecular weight is 175 g/mol. The van der Waals surface area contributed by atoms with Gasteiger partial charge in [0, 0.05) is 0 Å². The van der Waals surface area contributed by atoms with Gasteiger partial charge in [0.2, 0.25) is 6.08 Å². The van der Waals surface area contributed by atoms with E-state index in [-0.39, 0.29) is 5.75 Å². The second kappa shape index (κ2) is 3.15. The first kappa shape index (κ1) is 8.43. The quantitative estimate of drug-likeness (QED) is 0.424. The number of aliphatic imine (C=N–C) groups is 1. The Kier molecular flexibility index (Phi) is 2.42. The number of isocyanates is 1. The summed E-state index contributed by atoms with van der Waals surface area (Å²) in [6.45, 7) is 0. The maximum atomic E-state index is 11.1. The van der Waals surface area contributed by atoms with Gasteiger partial charge >= 0.3 is 0 Å². The summed E-state index contributed by atoms with van der Waals surface area (Å²) in [6, 6.07) is 0. The molecule has 0 saturated carbocycles. The third-order valence-electron chi connectivity index (χ3n) is 1.74. The van der Waals surface area contributed by atoms with E-state index in [0.717, 1.165) is 6.42 Å². The summed E-state index contributed by atoms with van der Waals surface area (Å²) >= 11 is 0. The zero-order chi connectivity index (χ0) is 8.32. The molecule has 0 aliphatic carbocycles. The molecule has 0 aromatic heterocycles. The molecule has 0 aromatic carbocycles. The van der Waals surface area contributed by atoms with E-state index < -0.39 is 15.2 Å². The molecule has 1 aliphatic rings. The molecule has 1 aliphatic heterocycles. The molecule has 1 heterocycles. The predicted octanol–water partition coefficient (Wildman–Crippen LogP) is 0.247. The molecule has 1 atom stereocenters. The minimum Gasteiger partial charge on any atom is -0.227 e. The summed E-state index contributed by atoms with van der Waals surface area (Å²) in [7, 11) is -3.11. The van der Waals surface area contributed by atoms with Crippen LogP contribution in [0.15, 0.2) is 4.99 Å². The van der Waals surface area contributed by atoms with Gasteiger partial charge in [-0.3, -0.25) is 0 Å². The molecule has 0 bridgehead atoms. The second-order valence-electron chi connectivity index (χ2n) is 2.54. The fourth-order valence-corrected chi connectivity index (χ4v) is 2.75. The maximum absolute atomic E-state index is 11.1. The smallest absolute Gasteiger partial charge is 0.227 e. The van der Waals surface area contributed by atoms with E-state index in [1.54, 1.807) is 0 Å². The minimum atomic E-state index is -3.11. The minimum absolute atomic E-state index is 0.156. The highest BCUT2D eigenvalue weighted by molar-refractivity contribution is 7.92. The predicted molar refractivity (Wildman–Crippen MR) is 39.5 cm³/mol. The van der Waals surface area contributed by atoms with Crippen molar-refractivity contribution >= 4 is 15.9 Å². The molecule has 0 N–H and O–H groups in total. The highest BCUT2D eigenvalue weighted by Gasteiger charge is 2.27. The molecule has 0 spiro atoms. The summed E-state index contributed by atoms with van der Waals surface area (Å²) in [5.74, 6) is 0.156. The third kappa shape index (κ3) is 1.88. The van der Waals surface area contributed by atoms with Gasteiger partial charge in [0.1, 0.15) is 0 Å². The Labute approximate surface area is 65.2 Å². The van der Waals surface area contributed by atoms with Crippen molar-refractivity contribution in [2.75, 3.05) is 5.75 Å². The largest absolute Gasteiger partial charge is 0.236 e. The third-order valence-corrected chi connectivity index (χ3v) is 3.77. The first-order valence-electron chi connectivity index (χ1n) is 3.45. The van der Waals surface area contributed by atoms with Gasteiger partial charge in [0.15, 0.2) is 15.2 Å². The van der Waals surface area contributed by atoms with Gasteiger partial charge in [-0.25, -0.2) is 13.2 Å². The van der Waals surface area contributed by atoms with E-state index in [0.29, 0.717) is 12.8 Å². The highest BCUT2D eigenvalue weighted by Crippen LogP contribution is 2.19. The van der Waals surface area contributed by atoms with Crippen molar-refractivity contribution < 1.29 is 13.2 Å². The SMILES string of the molecule is O=C=NC1CCCCS1(=O)=O. The summed E-state index contributed by atoms with van der Waals surface area (Å²) in [6.07, 6.45) is 3.27. The summed E-state index contributed by atoms with van der Waals surface area (Å²) in [5, 5.41) is -0.811. The Hall–Kier alpha value is -0.670. The van der Waals surface area contributed by atoms with Crippen molar-refractivity contribution in [3.8, 4) is 0 Å². The zero-order valence-corrected chi connectivity index (χ0v) is 6.80. The van der Waals surface area contributed by atoms with Crippen molar-refractivity contribution in [3.63, 3.8) is 0 Å². The standard InChI is InChI=1S/C6H9NO3S/c8-5-7-6-3-1-2-4-11(6,9)10/h6H,1-4H2. The molecular weight excluding hydrogens is 166 g/mol. The number of hydrogen-bond acceptors (Lipinski definition) is 4. The normalized spacial score (nSPS) is 28.9. The molecule has 4 nitrogen and oxygen atoms in total. The Bertz CT molecular complexity index is 276. The monoisotopic (exact) mass is 175 g/mol.